The van der Waals surface area contributed by atoms with E-state index < -0.39 is 0 Å². The monoisotopic (exact) mass is 175 g/mol. The first kappa shape index (κ1) is 9.53. The molecule has 0 spiro atoms. The highest BCUT2D eigenvalue weighted by molar-refractivity contribution is 5.40. The Balaban J connectivity index is 2.56. The Hall–Kier alpha value is -1.56. The summed E-state index contributed by atoms with van der Waals surface area (Å²) in [5.41, 5.74) is 0.956. The Morgan fingerprint density at radius 1 is 1.54 bits per heavy atom. The van der Waals surface area contributed by atoms with Gasteiger partial charge in [-0.05, 0) is 26.0 Å². The van der Waals surface area contributed by atoms with Gasteiger partial charge in [-0.25, -0.2) is 0 Å². The maximum Gasteiger partial charge on any atom is 0.0674 e. The van der Waals surface area contributed by atoms with Gasteiger partial charge in [0.25, 0.3) is 0 Å². The molecule has 0 aromatic carbocycles. The maximum absolute atomic E-state index is 8.68. The van der Waals surface area contributed by atoms with Crippen molar-refractivity contribution in [3.8, 4) is 6.07 Å². The zero-order valence-electron chi connectivity index (χ0n) is 7.86. The zero-order valence-corrected chi connectivity index (χ0v) is 7.86. The van der Waals surface area contributed by atoms with E-state index in [2.05, 4.69) is 16.4 Å². The number of pyridine rings is 1. The third kappa shape index (κ3) is 2.75. The van der Waals surface area contributed by atoms with Gasteiger partial charge in [0.2, 0.25) is 0 Å². The average molecular weight is 175 g/mol. The van der Waals surface area contributed by atoms with Gasteiger partial charge in [-0.15, -0.1) is 0 Å². The predicted octanol–water partition coefficient (Wildman–Crippen LogP) is 2.04. The minimum atomic E-state index is 0.000191. The Morgan fingerprint density at radius 2 is 2.31 bits per heavy atom. The molecule has 2 atom stereocenters. The number of hydrogen-bond donors (Lipinski definition) is 1. The van der Waals surface area contributed by atoms with Crippen LogP contribution in [0.1, 0.15) is 13.8 Å². The first-order valence-corrected chi connectivity index (χ1v) is 4.30. The Kier molecular flexibility index (Phi) is 3.27. The fourth-order valence-electron chi connectivity index (χ4n) is 0.948. The van der Waals surface area contributed by atoms with Crippen molar-refractivity contribution < 1.29 is 0 Å². The molecule has 1 aromatic rings. The van der Waals surface area contributed by atoms with Gasteiger partial charge < -0.3 is 5.32 Å². The molecular weight excluding hydrogens is 162 g/mol. The summed E-state index contributed by atoms with van der Waals surface area (Å²) in [5.74, 6) is 0.000191. The number of hydrogen-bond acceptors (Lipinski definition) is 3. The van der Waals surface area contributed by atoms with E-state index in [1.807, 2.05) is 26.0 Å². The van der Waals surface area contributed by atoms with Gasteiger partial charge in [-0.3, -0.25) is 4.98 Å². The second-order valence-corrected chi connectivity index (χ2v) is 3.09. The number of aromatic nitrogens is 1. The highest BCUT2D eigenvalue weighted by Crippen LogP contribution is 2.09. The average Bonchev–Trinajstić information content (AvgIpc) is 2.18. The lowest BCUT2D eigenvalue weighted by molar-refractivity contribution is 0.630. The van der Waals surface area contributed by atoms with Crippen LogP contribution in [0.15, 0.2) is 24.5 Å². The van der Waals surface area contributed by atoms with Crippen LogP contribution in [0.3, 0.4) is 0 Å². The molecule has 3 heteroatoms. The van der Waals surface area contributed by atoms with Crippen molar-refractivity contribution in [1.29, 1.82) is 5.26 Å². The second-order valence-electron chi connectivity index (χ2n) is 3.09. The summed E-state index contributed by atoms with van der Waals surface area (Å²) in [5, 5.41) is 11.9. The molecule has 1 heterocycles. The molecule has 1 rings (SSSR count). The van der Waals surface area contributed by atoms with Crippen LogP contribution in [0.2, 0.25) is 0 Å². The maximum atomic E-state index is 8.68. The van der Waals surface area contributed by atoms with Crippen LogP contribution in [0, 0.1) is 17.2 Å². The highest BCUT2D eigenvalue weighted by Gasteiger charge is 2.09. The second kappa shape index (κ2) is 4.46. The summed E-state index contributed by atoms with van der Waals surface area (Å²) in [4.78, 5) is 3.98. The molecular formula is C10H13N3. The molecule has 0 aliphatic heterocycles. The fraction of sp³-hybridized carbons (Fsp3) is 0.400. The van der Waals surface area contributed by atoms with Crippen LogP contribution >= 0.6 is 0 Å². The molecule has 68 valence electrons. The van der Waals surface area contributed by atoms with Crippen molar-refractivity contribution in [3.05, 3.63) is 24.5 Å². The predicted molar refractivity (Wildman–Crippen MR) is 52.1 cm³/mol. The summed E-state index contributed by atoms with van der Waals surface area (Å²) >= 11 is 0. The van der Waals surface area contributed by atoms with Crippen LogP contribution in [-0.4, -0.2) is 11.0 Å². The summed E-state index contributed by atoms with van der Waals surface area (Å²) < 4.78 is 0. The van der Waals surface area contributed by atoms with Gasteiger partial charge in [0, 0.05) is 18.4 Å². The summed E-state index contributed by atoms with van der Waals surface area (Å²) in [7, 11) is 0. The lowest BCUT2D eigenvalue weighted by atomic mass is 10.1. The third-order valence-corrected chi connectivity index (χ3v) is 2.01. The SMILES string of the molecule is CC(C#N)C(C)Nc1cccnc1. The topological polar surface area (TPSA) is 48.7 Å². The standard InChI is InChI=1S/C10H13N3/c1-8(6-11)9(2)13-10-4-3-5-12-7-10/h3-5,7-9,13H,1-2H3. The normalized spacial score (nSPS) is 14.2. The molecule has 1 N–H and O–H groups in total. The minimum absolute atomic E-state index is 0.000191. The Morgan fingerprint density at radius 3 is 2.85 bits per heavy atom. The van der Waals surface area contributed by atoms with E-state index in [-0.39, 0.29) is 12.0 Å². The number of nitriles is 1. The van der Waals surface area contributed by atoms with Gasteiger partial charge in [0.05, 0.1) is 17.7 Å². The summed E-state index contributed by atoms with van der Waals surface area (Å²) in [6, 6.07) is 6.15. The molecule has 0 aliphatic carbocycles. The van der Waals surface area contributed by atoms with E-state index in [4.69, 9.17) is 5.26 Å². The van der Waals surface area contributed by atoms with Crippen LogP contribution in [-0.2, 0) is 0 Å². The van der Waals surface area contributed by atoms with Gasteiger partial charge in [0.1, 0.15) is 0 Å². The van der Waals surface area contributed by atoms with Crippen LogP contribution < -0.4 is 5.32 Å². The molecule has 0 fully saturated rings. The number of anilines is 1. The van der Waals surface area contributed by atoms with Crippen molar-refractivity contribution in [1.82, 2.24) is 4.98 Å². The lowest BCUT2D eigenvalue weighted by Crippen LogP contribution is -2.22. The van der Waals surface area contributed by atoms with E-state index in [0.717, 1.165) is 5.69 Å². The lowest BCUT2D eigenvalue weighted by Gasteiger charge is -2.16. The first-order chi connectivity index (χ1) is 6.24. The molecule has 0 amide bonds. The molecule has 2 unspecified atom stereocenters. The van der Waals surface area contributed by atoms with Crippen molar-refractivity contribution in [2.24, 2.45) is 5.92 Å². The smallest absolute Gasteiger partial charge is 0.0674 e. The Bertz CT molecular complexity index is 289. The van der Waals surface area contributed by atoms with Crippen LogP contribution in [0.5, 0.6) is 0 Å². The van der Waals surface area contributed by atoms with Gasteiger partial charge in [-0.2, -0.15) is 5.26 Å². The van der Waals surface area contributed by atoms with E-state index in [9.17, 15) is 0 Å². The van der Waals surface area contributed by atoms with Gasteiger partial charge in [0.15, 0.2) is 0 Å². The number of nitrogens with zero attached hydrogens (tertiary/aromatic N) is 2. The van der Waals surface area contributed by atoms with Crippen molar-refractivity contribution in [2.75, 3.05) is 5.32 Å². The minimum Gasteiger partial charge on any atom is -0.380 e. The molecule has 13 heavy (non-hydrogen) atoms. The summed E-state index contributed by atoms with van der Waals surface area (Å²) in [6.45, 7) is 3.88. The van der Waals surface area contributed by atoms with E-state index in [0.29, 0.717) is 0 Å². The highest BCUT2D eigenvalue weighted by atomic mass is 14.9. The fourth-order valence-corrected chi connectivity index (χ4v) is 0.948. The quantitative estimate of drug-likeness (QED) is 0.764. The molecule has 0 saturated carbocycles. The molecule has 0 bridgehead atoms. The molecule has 0 saturated heterocycles. The van der Waals surface area contributed by atoms with Gasteiger partial charge >= 0.3 is 0 Å². The zero-order chi connectivity index (χ0) is 9.68. The van der Waals surface area contributed by atoms with Crippen molar-refractivity contribution >= 4 is 5.69 Å². The summed E-state index contributed by atoms with van der Waals surface area (Å²) in [6.07, 6.45) is 3.48. The number of rotatable bonds is 3. The third-order valence-electron chi connectivity index (χ3n) is 2.01. The van der Waals surface area contributed by atoms with E-state index >= 15 is 0 Å². The van der Waals surface area contributed by atoms with Crippen molar-refractivity contribution in [3.63, 3.8) is 0 Å². The van der Waals surface area contributed by atoms with Crippen LogP contribution in [0.25, 0.3) is 0 Å². The molecule has 0 aliphatic rings. The van der Waals surface area contributed by atoms with Gasteiger partial charge in [-0.1, -0.05) is 0 Å². The van der Waals surface area contributed by atoms with Crippen molar-refractivity contribution in [2.45, 2.75) is 19.9 Å². The first-order valence-electron chi connectivity index (χ1n) is 4.30. The molecule has 1 aromatic heterocycles. The largest absolute Gasteiger partial charge is 0.380 e. The van der Waals surface area contributed by atoms with E-state index in [1.165, 1.54) is 0 Å². The van der Waals surface area contributed by atoms with Crippen LogP contribution in [0.4, 0.5) is 5.69 Å². The Labute approximate surface area is 78.4 Å². The van der Waals surface area contributed by atoms with E-state index in [1.54, 1.807) is 12.4 Å². The molecule has 3 nitrogen and oxygen atoms in total. The molecule has 0 radical (unpaired) electrons. The number of nitrogens with one attached hydrogen (secondary N) is 1.